The number of aryl methyl sites for hydroxylation is 1. The second-order valence-electron chi connectivity index (χ2n) is 5.08. The molecule has 1 aliphatic carbocycles. The molecule has 0 heterocycles. The van der Waals surface area contributed by atoms with Crippen LogP contribution in [0.2, 0.25) is 0 Å². The highest BCUT2D eigenvalue weighted by atomic mass is 19.1. The van der Waals surface area contributed by atoms with Crippen LogP contribution in [0.15, 0.2) is 36.4 Å². The Hall–Kier alpha value is -2.23. The molecule has 1 aliphatic rings. The van der Waals surface area contributed by atoms with Crippen LogP contribution in [0.4, 0.5) is 8.78 Å². The third kappa shape index (κ3) is 2.79. The molecule has 2 nitrogen and oxygen atoms in total. The number of halogens is 2. The van der Waals surface area contributed by atoms with Gasteiger partial charge in [-0.15, -0.1) is 0 Å². The maximum absolute atomic E-state index is 13.5. The van der Waals surface area contributed by atoms with Crippen LogP contribution in [0.1, 0.15) is 34.3 Å². The maximum atomic E-state index is 13.5. The van der Waals surface area contributed by atoms with Gasteiger partial charge in [-0.05, 0) is 42.7 Å². The molecule has 21 heavy (non-hydrogen) atoms. The minimum Gasteiger partial charge on any atom is -0.489 e. The third-order valence-corrected chi connectivity index (χ3v) is 3.68. The van der Waals surface area contributed by atoms with Gasteiger partial charge >= 0.3 is 0 Å². The van der Waals surface area contributed by atoms with Crippen molar-refractivity contribution in [3.8, 4) is 5.75 Å². The van der Waals surface area contributed by atoms with Crippen molar-refractivity contribution in [3.63, 3.8) is 0 Å². The molecular formula is C17H14F2O2. The third-order valence-electron chi connectivity index (χ3n) is 3.68. The molecule has 2 aromatic carbocycles. The van der Waals surface area contributed by atoms with E-state index in [1.165, 1.54) is 18.2 Å². The summed E-state index contributed by atoms with van der Waals surface area (Å²) in [7, 11) is 0. The Kier molecular flexibility index (Phi) is 3.69. The van der Waals surface area contributed by atoms with Gasteiger partial charge in [-0.3, -0.25) is 4.79 Å². The molecular weight excluding hydrogens is 274 g/mol. The molecule has 0 unspecified atom stereocenters. The van der Waals surface area contributed by atoms with Crippen LogP contribution in [0, 0.1) is 11.6 Å². The Morgan fingerprint density at radius 1 is 1.05 bits per heavy atom. The van der Waals surface area contributed by atoms with Crippen LogP contribution in [-0.2, 0) is 13.0 Å². The summed E-state index contributed by atoms with van der Waals surface area (Å²) in [6.07, 6.45) is 2.29. The molecule has 108 valence electrons. The summed E-state index contributed by atoms with van der Waals surface area (Å²) in [4.78, 5) is 11.8. The summed E-state index contributed by atoms with van der Waals surface area (Å²) in [5, 5.41) is 0. The summed E-state index contributed by atoms with van der Waals surface area (Å²) in [5.41, 5.74) is 1.56. The highest BCUT2D eigenvalue weighted by Gasteiger charge is 2.18. The van der Waals surface area contributed by atoms with E-state index in [1.54, 1.807) is 12.1 Å². The van der Waals surface area contributed by atoms with Gasteiger partial charge in [-0.2, -0.15) is 0 Å². The summed E-state index contributed by atoms with van der Waals surface area (Å²) in [5.74, 6) is -0.724. The molecule has 0 fully saturated rings. The van der Waals surface area contributed by atoms with E-state index < -0.39 is 11.6 Å². The number of rotatable bonds is 3. The van der Waals surface area contributed by atoms with Gasteiger partial charge in [0.15, 0.2) is 5.78 Å². The van der Waals surface area contributed by atoms with Crippen LogP contribution in [0.5, 0.6) is 5.75 Å². The molecule has 4 heteroatoms. The van der Waals surface area contributed by atoms with Crippen LogP contribution in [0.3, 0.4) is 0 Å². The van der Waals surface area contributed by atoms with Crippen LogP contribution in [0.25, 0.3) is 0 Å². The number of hydrogen-bond acceptors (Lipinski definition) is 2. The van der Waals surface area contributed by atoms with Crippen LogP contribution >= 0.6 is 0 Å². The second-order valence-corrected chi connectivity index (χ2v) is 5.08. The zero-order valence-corrected chi connectivity index (χ0v) is 11.4. The largest absolute Gasteiger partial charge is 0.489 e. The Morgan fingerprint density at radius 2 is 1.81 bits per heavy atom. The lowest BCUT2D eigenvalue weighted by Crippen LogP contribution is -2.11. The number of ketones is 1. The highest BCUT2D eigenvalue weighted by Crippen LogP contribution is 2.26. The van der Waals surface area contributed by atoms with Crippen molar-refractivity contribution in [3.05, 3.63) is 64.7 Å². The van der Waals surface area contributed by atoms with Crippen LogP contribution < -0.4 is 4.74 Å². The Morgan fingerprint density at radius 3 is 2.57 bits per heavy atom. The predicted molar refractivity (Wildman–Crippen MR) is 74.4 cm³/mol. The molecule has 0 saturated heterocycles. The molecule has 0 aromatic heterocycles. The molecule has 0 N–H and O–H groups in total. The van der Waals surface area contributed by atoms with Gasteiger partial charge in [-0.1, -0.05) is 12.1 Å². The first kappa shape index (κ1) is 13.7. The maximum Gasteiger partial charge on any atom is 0.163 e. The molecule has 0 atom stereocenters. The predicted octanol–water partition coefficient (Wildman–Crippen LogP) is 4.06. The Balaban J connectivity index is 1.80. The van der Waals surface area contributed by atoms with Gasteiger partial charge in [-0.25, -0.2) is 8.78 Å². The van der Waals surface area contributed by atoms with E-state index in [9.17, 15) is 13.6 Å². The number of carbonyl (C=O) groups is 1. The van der Waals surface area contributed by atoms with Gasteiger partial charge < -0.3 is 4.74 Å². The van der Waals surface area contributed by atoms with Gasteiger partial charge in [0.05, 0.1) is 5.56 Å². The lowest BCUT2D eigenvalue weighted by molar-refractivity contribution is 0.0972. The number of benzene rings is 2. The lowest BCUT2D eigenvalue weighted by Gasteiger charge is -2.16. The van der Waals surface area contributed by atoms with Crippen molar-refractivity contribution in [1.29, 1.82) is 0 Å². The van der Waals surface area contributed by atoms with E-state index in [0.717, 1.165) is 18.4 Å². The van der Waals surface area contributed by atoms with Gasteiger partial charge in [0.2, 0.25) is 0 Å². The minimum absolute atomic E-state index is 0.0961. The summed E-state index contributed by atoms with van der Waals surface area (Å²) < 4.78 is 32.5. The Bertz CT molecular complexity index is 675. The molecule has 0 saturated carbocycles. The molecule has 0 bridgehead atoms. The fourth-order valence-electron chi connectivity index (χ4n) is 2.52. The molecule has 0 amide bonds. The van der Waals surface area contributed by atoms with Crippen molar-refractivity contribution in [1.82, 2.24) is 0 Å². The molecule has 3 rings (SSSR count). The first-order chi connectivity index (χ1) is 10.1. The van der Waals surface area contributed by atoms with E-state index in [-0.39, 0.29) is 18.0 Å². The average molecular weight is 288 g/mol. The van der Waals surface area contributed by atoms with Crippen molar-refractivity contribution < 1.29 is 18.3 Å². The first-order valence-corrected chi connectivity index (χ1v) is 6.87. The molecule has 0 radical (unpaired) electrons. The Labute approximate surface area is 121 Å². The molecule has 0 spiro atoms. The van der Waals surface area contributed by atoms with E-state index in [4.69, 9.17) is 4.74 Å². The number of fused-ring (bicyclic) bond motifs is 1. The fraction of sp³-hybridized carbons (Fsp3) is 0.235. The topological polar surface area (TPSA) is 26.3 Å². The van der Waals surface area contributed by atoms with E-state index in [0.29, 0.717) is 17.7 Å². The zero-order chi connectivity index (χ0) is 14.8. The molecule has 0 aliphatic heterocycles. The smallest absolute Gasteiger partial charge is 0.163 e. The molecule has 2 aromatic rings. The average Bonchev–Trinajstić information content (AvgIpc) is 2.47. The SMILES string of the molecule is O=C1CCCc2ccc(OCc3c(F)cccc3F)cc21. The lowest BCUT2D eigenvalue weighted by atomic mass is 9.90. The van der Waals surface area contributed by atoms with E-state index >= 15 is 0 Å². The summed E-state index contributed by atoms with van der Waals surface area (Å²) in [6, 6.07) is 8.94. The van der Waals surface area contributed by atoms with Gasteiger partial charge in [0.25, 0.3) is 0 Å². The zero-order valence-electron chi connectivity index (χ0n) is 11.4. The number of Topliss-reactive ketones (excluding diaryl/α,β-unsaturated/α-hetero) is 1. The van der Waals surface area contributed by atoms with Crippen molar-refractivity contribution in [2.75, 3.05) is 0 Å². The van der Waals surface area contributed by atoms with Crippen molar-refractivity contribution in [2.24, 2.45) is 0 Å². The number of hydrogen-bond donors (Lipinski definition) is 0. The van der Waals surface area contributed by atoms with Crippen molar-refractivity contribution in [2.45, 2.75) is 25.9 Å². The standard InChI is InChI=1S/C17H14F2O2/c18-15-4-2-5-16(19)14(15)10-21-12-8-7-11-3-1-6-17(20)13(11)9-12/h2,4-5,7-9H,1,3,6,10H2. The van der Waals surface area contributed by atoms with Crippen LogP contribution in [-0.4, -0.2) is 5.78 Å². The van der Waals surface area contributed by atoms with Gasteiger partial charge in [0, 0.05) is 12.0 Å². The first-order valence-electron chi connectivity index (χ1n) is 6.87. The minimum atomic E-state index is -0.635. The highest BCUT2D eigenvalue weighted by molar-refractivity contribution is 5.98. The monoisotopic (exact) mass is 288 g/mol. The van der Waals surface area contributed by atoms with Gasteiger partial charge in [0.1, 0.15) is 24.0 Å². The van der Waals surface area contributed by atoms with E-state index in [1.807, 2.05) is 6.07 Å². The number of ether oxygens (including phenoxy) is 1. The van der Waals surface area contributed by atoms with E-state index in [2.05, 4.69) is 0 Å². The number of carbonyl (C=O) groups excluding carboxylic acids is 1. The van der Waals surface area contributed by atoms with Crippen molar-refractivity contribution >= 4 is 5.78 Å². The quantitative estimate of drug-likeness (QED) is 0.851. The fourth-order valence-corrected chi connectivity index (χ4v) is 2.52. The summed E-state index contributed by atoms with van der Waals surface area (Å²) in [6.45, 7) is -0.203. The second kappa shape index (κ2) is 5.64. The summed E-state index contributed by atoms with van der Waals surface area (Å²) >= 11 is 0. The normalized spacial score (nSPS) is 13.9.